The van der Waals surface area contributed by atoms with Crippen LogP contribution in [0.25, 0.3) is 0 Å². The molecule has 4 heteroatoms. The summed E-state index contributed by atoms with van der Waals surface area (Å²) < 4.78 is 4.93. The number of nitrogens with one attached hydrogen (secondary N) is 1. The van der Waals surface area contributed by atoms with Crippen LogP contribution in [0.5, 0.6) is 0 Å². The van der Waals surface area contributed by atoms with Crippen molar-refractivity contribution in [3.8, 4) is 0 Å². The molecular formula is C13H26N2O2. The molecule has 1 unspecified atom stereocenters. The van der Waals surface area contributed by atoms with Crippen LogP contribution in [0, 0.1) is 0 Å². The Hall–Kier alpha value is -0.610. The number of carbonyl (C=O) groups is 1. The Morgan fingerprint density at radius 3 is 2.47 bits per heavy atom. The molecule has 0 aliphatic heterocycles. The van der Waals surface area contributed by atoms with Crippen molar-refractivity contribution in [2.45, 2.75) is 58.2 Å². The van der Waals surface area contributed by atoms with Crippen LogP contribution in [0.3, 0.4) is 0 Å². The van der Waals surface area contributed by atoms with Crippen LogP contribution in [0.15, 0.2) is 0 Å². The first-order valence-electron chi connectivity index (χ1n) is 6.53. The molecule has 0 radical (unpaired) electrons. The summed E-state index contributed by atoms with van der Waals surface area (Å²) in [5.41, 5.74) is -0.610. The van der Waals surface area contributed by atoms with Gasteiger partial charge in [0.15, 0.2) is 0 Å². The minimum atomic E-state index is -0.610. The van der Waals surface area contributed by atoms with E-state index < -0.39 is 5.54 Å². The first-order chi connectivity index (χ1) is 7.92. The van der Waals surface area contributed by atoms with Crippen molar-refractivity contribution < 1.29 is 9.53 Å². The van der Waals surface area contributed by atoms with Gasteiger partial charge in [-0.1, -0.05) is 6.92 Å². The van der Waals surface area contributed by atoms with E-state index in [9.17, 15) is 4.79 Å². The monoisotopic (exact) mass is 242 g/mol. The summed E-state index contributed by atoms with van der Waals surface area (Å²) >= 11 is 0. The van der Waals surface area contributed by atoms with Gasteiger partial charge in [0.1, 0.15) is 5.54 Å². The van der Waals surface area contributed by atoms with E-state index in [1.54, 1.807) is 0 Å². The zero-order valence-corrected chi connectivity index (χ0v) is 11.7. The van der Waals surface area contributed by atoms with Crippen LogP contribution in [0.4, 0.5) is 0 Å². The smallest absolute Gasteiger partial charge is 0.327 e. The number of nitrogens with zero attached hydrogens (tertiary/aromatic N) is 1. The Bertz CT molecular complexity index is 264. The number of carbonyl (C=O) groups excluding carboxylic acids is 1. The number of methoxy groups -OCH3 is 1. The Morgan fingerprint density at radius 2 is 2.12 bits per heavy atom. The van der Waals surface area contributed by atoms with Crippen LogP contribution < -0.4 is 5.32 Å². The topological polar surface area (TPSA) is 41.6 Å². The van der Waals surface area contributed by atoms with E-state index in [-0.39, 0.29) is 12.0 Å². The van der Waals surface area contributed by atoms with Gasteiger partial charge < -0.3 is 4.74 Å². The molecule has 1 aliphatic rings. The van der Waals surface area contributed by atoms with Crippen molar-refractivity contribution in [1.82, 2.24) is 10.2 Å². The highest BCUT2D eigenvalue weighted by Gasteiger charge is 2.40. The zero-order chi connectivity index (χ0) is 13.1. The van der Waals surface area contributed by atoms with Gasteiger partial charge in [-0.25, -0.2) is 0 Å². The molecule has 1 fully saturated rings. The number of likely N-dealkylation sites (N-methyl/N-ethyl adjacent to an activating group) is 1. The van der Waals surface area contributed by atoms with E-state index in [0.717, 1.165) is 13.1 Å². The van der Waals surface area contributed by atoms with Crippen molar-refractivity contribution in [3.05, 3.63) is 0 Å². The highest BCUT2D eigenvalue weighted by molar-refractivity contribution is 5.80. The molecule has 1 atom stereocenters. The minimum Gasteiger partial charge on any atom is -0.468 e. The number of hydrogen-bond donors (Lipinski definition) is 1. The van der Waals surface area contributed by atoms with Crippen LogP contribution in [-0.2, 0) is 9.53 Å². The molecule has 0 saturated heterocycles. The average Bonchev–Trinajstić information content (AvgIpc) is 3.07. The Labute approximate surface area is 105 Å². The minimum absolute atomic E-state index is 0.176. The molecule has 0 aromatic rings. The second-order valence-corrected chi connectivity index (χ2v) is 5.42. The van der Waals surface area contributed by atoms with Crippen LogP contribution >= 0.6 is 0 Å². The molecule has 0 amide bonds. The second-order valence-electron chi connectivity index (χ2n) is 5.42. The largest absolute Gasteiger partial charge is 0.468 e. The van der Waals surface area contributed by atoms with E-state index in [2.05, 4.69) is 31.0 Å². The van der Waals surface area contributed by atoms with Gasteiger partial charge in [0.05, 0.1) is 7.11 Å². The lowest BCUT2D eigenvalue weighted by Crippen LogP contribution is -2.59. The summed E-state index contributed by atoms with van der Waals surface area (Å²) in [6.07, 6.45) is 2.51. The molecule has 100 valence electrons. The van der Waals surface area contributed by atoms with E-state index in [1.807, 2.05) is 6.92 Å². The van der Waals surface area contributed by atoms with Crippen LogP contribution in [0.2, 0.25) is 0 Å². The molecule has 4 nitrogen and oxygen atoms in total. The van der Waals surface area contributed by atoms with E-state index in [4.69, 9.17) is 4.74 Å². The number of hydrogen-bond acceptors (Lipinski definition) is 4. The normalized spacial score (nSPS) is 19.5. The third-order valence-electron chi connectivity index (χ3n) is 3.23. The third kappa shape index (κ3) is 3.96. The van der Waals surface area contributed by atoms with E-state index in [1.165, 1.54) is 20.0 Å². The van der Waals surface area contributed by atoms with Crippen molar-refractivity contribution in [2.75, 3.05) is 20.2 Å². The molecule has 1 rings (SSSR count). The number of ether oxygens (including phenoxy) is 1. The lowest BCUT2D eigenvalue weighted by molar-refractivity contribution is -0.149. The second kappa shape index (κ2) is 5.83. The molecule has 0 bridgehead atoms. The fraction of sp³-hybridized carbons (Fsp3) is 0.923. The molecule has 0 aromatic heterocycles. The van der Waals surface area contributed by atoms with Crippen molar-refractivity contribution in [3.63, 3.8) is 0 Å². The molecule has 1 saturated carbocycles. The summed E-state index contributed by atoms with van der Waals surface area (Å²) in [4.78, 5) is 14.3. The lowest BCUT2D eigenvalue weighted by atomic mass is 10.00. The van der Waals surface area contributed by atoms with Gasteiger partial charge >= 0.3 is 5.97 Å². The van der Waals surface area contributed by atoms with Gasteiger partial charge in [0, 0.05) is 18.6 Å². The maximum absolute atomic E-state index is 12.0. The van der Waals surface area contributed by atoms with Crippen molar-refractivity contribution in [1.29, 1.82) is 0 Å². The lowest BCUT2D eigenvalue weighted by Gasteiger charge is -2.35. The summed E-state index contributed by atoms with van der Waals surface area (Å²) in [5, 5.41) is 3.34. The maximum Gasteiger partial charge on any atom is 0.327 e. The first-order valence-corrected chi connectivity index (χ1v) is 6.53. The Morgan fingerprint density at radius 1 is 1.53 bits per heavy atom. The third-order valence-corrected chi connectivity index (χ3v) is 3.23. The van der Waals surface area contributed by atoms with Crippen LogP contribution in [-0.4, -0.2) is 48.7 Å². The molecule has 0 spiro atoms. The van der Waals surface area contributed by atoms with Gasteiger partial charge in [0.25, 0.3) is 0 Å². The van der Waals surface area contributed by atoms with Gasteiger partial charge in [-0.3, -0.25) is 15.0 Å². The number of rotatable bonds is 7. The highest BCUT2D eigenvalue weighted by Crippen LogP contribution is 2.28. The zero-order valence-electron chi connectivity index (χ0n) is 11.7. The molecular weight excluding hydrogens is 216 g/mol. The SMILES string of the molecule is CCN(CC(C)(NC(C)C)C(=O)OC)C1CC1. The quantitative estimate of drug-likeness (QED) is 0.685. The van der Waals surface area contributed by atoms with E-state index in [0.29, 0.717) is 6.04 Å². The summed E-state index contributed by atoms with van der Waals surface area (Å²) in [5.74, 6) is -0.176. The molecule has 1 N–H and O–H groups in total. The van der Waals surface area contributed by atoms with E-state index >= 15 is 0 Å². The molecule has 1 aliphatic carbocycles. The fourth-order valence-electron chi connectivity index (χ4n) is 2.38. The average molecular weight is 242 g/mol. The Balaban J connectivity index is 2.70. The number of esters is 1. The molecule has 0 aromatic carbocycles. The van der Waals surface area contributed by atoms with Crippen molar-refractivity contribution >= 4 is 5.97 Å². The van der Waals surface area contributed by atoms with Gasteiger partial charge in [-0.15, -0.1) is 0 Å². The maximum atomic E-state index is 12.0. The first kappa shape index (κ1) is 14.5. The van der Waals surface area contributed by atoms with Gasteiger partial charge in [-0.2, -0.15) is 0 Å². The summed E-state index contributed by atoms with van der Waals surface area (Å²) in [7, 11) is 1.45. The highest BCUT2D eigenvalue weighted by atomic mass is 16.5. The summed E-state index contributed by atoms with van der Waals surface area (Å²) in [6.45, 7) is 9.88. The van der Waals surface area contributed by atoms with Gasteiger partial charge in [-0.05, 0) is 40.2 Å². The molecule has 0 heterocycles. The fourth-order valence-corrected chi connectivity index (χ4v) is 2.38. The van der Waals surface area contributed by atoms with Crippen LogP contribution in [0.1, 0.15) is 40.5 Å². The Kier molecular flexibility index (Phi) is 4.95. The van der Waals surface area contributed by atoms with Crippen molar-refractivity contribution in [2.24, 2.45) is 0 Å². The van der Waals surface area contributed by atoms with Gasteiger partial charge in [0.2, 0.25) is 0 Å². The standard InChI is InChI=1S/C13H26N2O2/c1-6-15(11-7-8-11)9-13(4,12(16)17-5)14-10(2)3/h10-11,14H,6-9H2,1-5H3. The summed E-state index contributed by atoms with van der Waals surface area (Å²) in [6, 6.07) is 0.926. The predicted molar refractivity (Wildman–Crippen MR) is 69.0 cm³/mol. The molecule has 17 heavy (non-hydrogen) atoms. The predicted octanol–water partition coefficient (Wildman–Crippen LogP) is 1.40.